The van der Waals surface area contributed by atoms with Gasteiger partial charge in [-0.2, -0.15) is 5.26 Å². The lowest BCUT2D eigenvalue weighted by atomic mass is 9.87. The van der Waals surface area contributed by atoms with Gasteiger partial charge in [0.25, 0.3) is 0 Å². The molecule has 1 aromatic rings. The Balaban J connectivity index is 1.83. The highest BCUT2D eigenvalue weighted by Crippen LogP contribution is 2.34. The third kappa shape index (κ3) is 3.53. The number of nitriles is 1. The van der Waals surface area contributed by atoms with Gasteiger partial charge in [-0.15, -0.1) is 0 Å². The van der Waals surface area contributed by atoms with Crippen LogP contribution in [0.5, 0.6) is 0 Å². The molecule has 0 unspecified atom stereocenters. The molecule has 0 radical (unpaired) electrons. The van der Waals surface area contributed by atoms with E-state index in [2.05, 4.69) is 10.3 Å². The maximum absolute atomic E-state index is 12.5. The first kappa shape index (κ1) is 18.2. The molecule has 1 aromatic carbocycles. The van der Waals surface area contributed by atoms with Crippen molar-refractivity contribution in [1.29, 1.82) is 5.26 Å². The van der Waals surface area contributed by atoms with E-state index < -0.39 is 11.6 Å². The lowest BCUT2D eigenvalue weighted by molar-refractivity contribution is -0.128. The highest BCUT2D eigenvalue weighted by Gasteiger charge is 2.36. The lowest BCUT2D eigenvalue weighted by Crippen LogP contribution is -2.47. The number of amides is 3. The molecule has 0 saturated heterocycles. The Morgan fingerprint density at radius 3 is 2.93 bits per heavy atom. The van der Waals surface area contributed by atoms with Crippen LogP contribution in [0.4, 0.5) is 10.5 Å². The molecule has 138 valence electrons. The van der Waals surface area contributed by atoms with Gasteiger partial charge in [0.05, 0.1) is 12.0 Å². The molecule has 2 heterocycles. The zero-order chi connectivity index (χ0) is 19.6. The van der Waals surface area contributed by atoms with E-state index in [1.165, 1.54) is 9.80 Å². The van der Waals surface area contributed by atoms with E-state index in [-0.39, 0.29) is 24.0 Å². The zero-order valence-electron chi connectivity index (χ0n) is 15.1. The Morgan fingerprint density at radius 2 is 2.22 bits per heavy atom. The number of nitrogens with zero attached hydrogens (tertiary/aromatic N) is 4. The molecule has 27 heavy (non-hydrogen) atoms. The van der Waals surface area contributed by atoms with Crippen molar-refractivity contribution in [2.24, 2.45) is 10.7 Å². The smallest absolute Gasteiger partial charge is 0.327 e. The summed E-state index contributed by atoms with van der Waals surface area (Å²) in [5.41, 5.74) is 6.64. The van der Waals surface area contributed by atoms with Crippen molar-refractivity contribution in [3.05, 3.63) is 53.8 Å². The van der Waals surface area contributed by atoms with Gasteiger partial charge in [-0.25, -0.2) is 9.79 Å². The van der Waals surface area contributed by atoms with E-state index in [0.717, 1.165) is 5.56 Å². The number of carbonyl (C=O) groups excluding carboxylic acids is 2. The summed E-state index contributed by atoms with van der Waals surface area (Å²) in [6.07, 6.45) is 5.30. The highest BCUT2D eigenvalue weighted by molar-refractivity contribution is 5.99. The molecule has 2 aliphatic heterocycles. The summed E-state index contributed by atoms with van der Waals surface area (Å²) in [5.74, 6) is 0.0374. The van der Waals surface area contributed by atoms with Gasteiger partial charge in [-0.1, -0.05) is 24.3 Å². The van der Waals surface area contributed by atoms with Gasteiger partial charge in [0.2, 0.25) is 5.91 Å². The maximum atomic E-state index is 12.5. The number of urea groups is 1. The summed E-state index contributed by atoms with van der Waals surface area (Å²) in [6, 6.07) is 8.73. The van der Waals surface area contributed by atoms with Crippen LogP contribution in [0.2, 0.25) is 0 Å². The summed E-state index contributed by atoms with van der Waals surface area (Å²) in [5, 5.41) is 11.9. The van der Waals surface area contributed by atoms with Gasteiger partial charge in [0.1, 0.15) is 11.8 Å². The summed E-state index contributed by atoms with van der Waals surface area (Å²) in [4.78, 5) is 31.9. The average Bonchev–Trinajstić information content (AvgIpc) is 2.66. The Labute approximate surface area is 157 Å². The Morgan fingerprint density at radius 1 is 1.44 bits per heavy atom. The molecule has 3 N–H and O–H groups in total. The number of aliphatic imine (C=N–C) groups is 1. The first-order valence-electron chi connectivity index (χ1n) is 8.42. The molecule has 2 aliphatic rings. The predicted molar refractivity (Wildman–Crippen MR) is 101 cm³/mol. The topological polar surface area (TPSA) is 115 Å². The second kappa shape index (κ2) is 6.96. The molecule has 0 aliphatic carbocycles. The van der Waals surface area contributed by atoms with Crippen LogP contribution in [0.1, 0.15) is 18.9 Å². The SMILES string of the molecule is CN1C(=O)C[C@@](C)(c2cccc(NC(=O)N3CC=CC=C3C#N)c2)N=C1N. The number of anilines is 1. The van der Waals surface area contributed by atoms with Gasteiger partial charge in [0, 0.05) is 19.3 Å². The number of rotatable bonds is 2. The normalized spacial score (nSPS) is 22.0. The molecular weight excluding hydrogens is 344 g/mol. The van der Waals surface area contributed by atoms with E-state index in [4.69, 9.17) is 11.0 Å². The van der Waals surface area contributed by atoms with Crippen molar-refractivity contribution in [3.63, 3.8) is 0 Å². The first-order chi connectivity index (χ1) is 12.8. The molecular formula is C19H20N6O2. The van der Waals surface area contributed by atoms with Crippen molar-refractivity contribution >= 4 is 23.6 Å². The van der Waals surface area contributed by atoms with Gasteiger partial charge < -0.3 is 11.1 Å². The molecule has 0 saturated carbocycles. The Hall–Kier alpha value is -3.60. The van der Waals surface area contributed by atoms with Crippen molar-refractivity contribution in [2.75, 3.05) is 18.9 Å². The highest BCUT2D eigenvalue weighted by atomic mass is 16.2. The van der Waals surface area contributed by atoms with Gasteiger partial charge >= 0.3 is 6.03 Å². The van der Waals surface area contributed by atoms with E-state index in [1.54, 1.807) is 43.5 Å². The number of benzene rings is 1. The van der Waals surface area contributed by atoms with Gasteiger partial charge in [-0.3, -0.25) is 14.6 Å². The maximum Gasteiger partial charge on any atom is 0.327 e. The summed E-state index contributed by atoms with van der Waals surface area (Å²) in [7, 11) is 1.59. The molecule has 0 fully saturated rings. The fourth-order valence-corrected chi connectivity index (χ4v) is 3.00. The van der Waals surface area contributed by atoms with E-state index in [0.29, 0.717) is 12.2 Å². The minimum Gasteiger partial charge on any atom is -0.369 e. The molecule has 1 atom stereocenters. The van der Waals surface area contributed by atoms with Crippen molar-refractivity contribution in [3.8, 4) is 6.07 Å². The molecule has 0 aromatic heterocycles. The predicted octanol–water partition coefficient (Wildman–Crippen LogP) is 1.89. The van der Waals surface area contributed by atoms with Crippen LogP contribution in [-0.2, 0) is 10.3 Å². The van der Waals surface area contributed by atoms with Crippen LogP contribution < -0.4 is 11.1 Å². The van der Waals surface area contributed by atoms with Crippen molar-refractivity contribution < 1.29 is 9.59 Å². The standard InChI is InChI=1S/C19H20N6O2/c1-19(11-16(26)24(2)17(21)23-19)13-6-5-7-14(10-13)22-18(27)25-9-4-3-8-15(25)12-20/h3-8,10H,9,11H2,1-2H3,(H2,21,23)(H,22,27)/t19-/m0/s1. The number of allylic oxidation sites excluding steroid dienone is 3. The fraction of sp³-hybridized carbons (Fsp3) is 0.263. The largest absolute Gasteiger partial charge is 0.369 e. The molecule has 8 heteroatoms. The van der Waals surface area contributed by atoms with Crippen LogP contribution in [0.25, 0.3) is 0 Å². The van der Waals surface area contributed by atoms with Crippen LogP contribution >= 0.6 is 0 Å². The monoisotopic (exact) mass is 364 g/mol. The van der Waals surface area contributed by atoms with E-state index >= 15 is 0 Å². The van der Waals surface area contributed by atoms with E-state index in [1.807, 2.05) is 19.1 Å². The lowest BCUT2D eigenvalue weighted by Gasteiger charge is -2.33. The Kier molecular flexibility index (Phi) is 4.69. The molecule has 8 nitrogen and oxygen atoms in total. The minimum atomic E-state index is -0.806. The van der Waals surface area contributed by atoms with E-state index in [9.17, 15) is 9.59 Å². The number of carbonyl (C=O) groups is 2. The van der Waals surface area contributed by atoms with Gasteiger partial charge in [-0.05, 0) is 30.7 Å². The summed E-state index contributed by atoms with van der Waals surface area (Å²) >= 11 is 0. The molecule has 0 spiro atoms. The number of nitrogens with one attached hydrogen (secondary N) is 1. The quantitative estimate of drug-likeness (QED) is 0.834. The second-order valence-corrected chi connectivity index (χ2v) is 6.59. The second-order valence-electron chi connectivity index (χ2n) is 6.59. The van der Waals surface area contributed by atoms with Crippen molar-refractivity contribution in [1.82, 2.24) is 9.80 Å². The molecule has 3 amide bonds. The third-order valence-electron chi connectivity index (χ3n) is 4.64. The average molecular weight is 364 g/mol. The third-order valence-corrected chi connectivity index (χ3v) is 4.64. The van der Waals surface area contributed by atoms with Crippen molar-refractivity contribution in [2.45, 2.75) is 18.9 Å². The van der Waals surface area contributed by atoms with Crippen LogP contribution in [0.15, 0.2) is 53.2 Å². The summed E-state index contributed by atoms with van der Waals surface area (Å²) < 4.78 is 0. The van der Waals surface area contributed by atoms with Gasteiger partial charge in [0.15, 0.2) is 5.96 Å². The molecule has 3 rings (SSSR count). The summed E-state index contributed by atoms with van der Waals surface area (Å²) in [6.45, 7) is 2.15. The minimum absolute atomic E-state index is 0.122. The Bertz CT molecular complexity index is 926. The first-order valence-corrected chi connectivity index (χ1v) is 8.42. The zero-order valence-corrected chi connectivity index (χ0v) is 15.1. The number of guanidine groups is 1. The van der Waals surface area contributed by atoms with Crippen LogP contribution in [-0.4, -0.2) is 41.3 Å². The fourth-order valence-electron chi connectivity index (χ4n) is 3.00. The van der Waals surface area contributed by atoms with Crippen LogP contribution in [0.3, 0.4) is 0 Å². The number of nitrogens with two attached hydrogens (primary N) is 1. The number of hydrogen-bond donors (Lipinski definition) is 2. The number of hydrogen-bond acceptors (Lipinski definition) is 5. The van der Waals surface area contributed by atoms with Crippen LogP contribution in [0, 0.1) is 11.3 Å². The molecule has 0 bridgehead atoms.